The monoisotopic (exact) mass is 473 g/mol. The van der Waals surface area contributed by atoms with Gasteiger partial charge in [0.05, 0.1) is 22.4 Å². The van der Waals surface area contributed by atoms with Crippen LogP contribution in [0.2, 0.25) is 0 Å². The highest BCUT2D eigenvalue weighted by molar-refractivity contribution is 7.07. The fourth-order valence-corrected chi connectivity index (χ4v) is 4.84. The first-order chi connectivity index (χ1) is 16.7. The Kier molecular flexibility index (Phi) is 6.95. The summed E-state index contributed by atoms with van der Waals surface area (Å²) in [6, 6.07) is 16.5. The number of nitrogens with one attached hydrogen (secondary N) is 1. The maximum Gasteiger partial charge on any atom is 0.407 e. The average molecular weight is 474 g/mol. The van der Waals surface area contributed by atoms with Crippen molar-refractivity contribution >= 4 is 34.2 Å². The summed E-state index contributed by atoms with van der Waals surface area (Å²) in [5, 5.41) is 5.85. The third kappa shape index (κ3) is 5.51. The molecule has 8 heteroatoms. The van der Waals surface area contributed by atoms with Crippen LogP contribution in [-0.4, -0.2) is 40.7 Å². The van der Waals surface area contributed by atoms with Crippen molar-refractivity contribution in [2.24, 2.45) is 5.92 Å². The number of benzene rings is 1. The zero-order chi connectivity index (χ0) is 23.2. The number of carbonyl (C=O) groups is 1. The Labute approximate surface area is 202 Å². The number of para-hydroxylation sites is 1. The molecule has 0 bridgehead atoms. The largest absolute Gasteiger partial charge is 0.443 e. The van der Waals surface area contributed by atoms with Gasteiger partial charge in [0.25, 0.3) is 0 Å². The van der Waals surface area contributed by atoms with E-state index in [2.05, 4.69) is 44.5 Å². The molecular weight excluding hydrogens is 446 g/mol. The van der Waals surface area contributed by atoms with E-state index in [0.29, 0.717) is 12.5 Å². The lowest BCUT2D eigenvalue weighted by Gasteiger charge is -2.33. The molecule has 4 aromatic rings. The summed E-state index contributed by atoms with van der Waals surface area (Å²) >= 11 is 1.49. The van der Waals surface area contributed by atoms with Gasteiger partial charge in [-0.15, -0.1) is 11.3 Å². The van der Waals surface area contributed by atoms with E-state index < -0.39 is 0 Å². The van der Waals surface area contributed by atoms with Gasteiger partial charge < -0.3 is 15.0 Å². The number of ether oxygens (including phenoxy) is 1. The Bertz CT molecular complexity index is 1240. The van der Waals surface area contributed by atoms with Crippen LogP contribution in [0.5, 0.6) is 0 Å². The number of anilines is 1. The number of rotatable bonds is 7. The second-order valence-corrected chi connectivity index (χ2v) is 9.22. The van der Waals surface area contributed by atoms with Crippen molar-refractivity contribution in [2.45, 2.75) is 25.9 Å². The third-order valence-electron chi connectivity index (χ3n) is 6.22. The van der Waals surface area contributed by atoms with Gasteiger partial charge in [-0.05, 0) is 49.4 Å². The minimum Gasteiger partial charge on any atom is -0.443 e. The van der Waals surface area contributed by atoms with E-state index in [1.807, 2.05) is 35.8 Å². The van der Waals surface area contributed by atoms with E-state index in [9.17, 15) is 4.79 Å². The SMILES string of the molecule is O=C(NCCC1CCN(c2cccc(-c3cnc4ccccc4c3)n2)CC1)OCc1cscn1. The summed E-state index contributed by atoms with van der Waals surface area (Å²) in [4.78, 5) is 27.8. The van der Waals surface area contributed by atoms with Crippen LogP contribution in [0.15, 0.2) is 65.6 Å². The van der Waals surface area contributed by atoms with Crippen molar-refractivity contribution in [3.05, 3.63) is 71.3 Å². The average Bonchev–Trinajstić information content (AvgIpc) is 3.42. The fourth-order valence-electron chi connectivity index (χ4n) is 4.30. The summed E-state index contributed by atoms with van der Waals surface area (Å²) in [6.07, 6.45) is 4.64. The highest BCUT2D eigenvalue weighted by Gasteiger charge is 2.20. The minimum atomic E-state index is -0.380. The van der Waals surface area contributed by atoms with Crippen LogP contribution in [0.4, 0.5) is 10.6 Å². The Morgan fingerprint density at radius 2 is 2.00 bits per heavy atom. The first-order valence-electron chi connectivity index (χ1n) is 11.6. The van der Waals surface area contributed by atoms with Crippen molar-refractivity contribution in [3.63, 3.8) is 0 Å². The van der Waals surface area contributed by atoms with Crippen LogP contribution in [0.25, 0.3) is 22.2 Å². The Balaban J connectivity index is 1.10. The third-order valence-corrected chi connectivity index (χ3v) is 6.85. The molecule has 4 heterocycles. The summed E-state index contributed by atoms with van der Waals surface area (Å²) < 4.78 is 5.20. The lowest BCUT2D eigenvalue weighted by molar-refractivity contribution is 0.137. The Morgan fingerprint density at radius 1 is 1.12 bits per heavy atom. The lowest BCUT2D eigenvalue weighted by atomic mass is 9.93. The molecule has 1 saturated heterocycles. The van der Waals surface area contributed by atoms with E-state index in [-0.39, 0.29) is 12.7 Å². The summed E-state index contributed by atoms with van der Waals surface area (Å²) in [5.74, 6) is 1.59. The molecule has 1 N–H and O–H groups in total. The Morgan fingerprint density at radius 3 is 2.85 bits per heavy atom. The molecular formula is C26H27N5O2S. The molecule has 0 saturated carbocycles. The van der Waals surface area contributed by atoms with Gasteiger partial charge in [0, 0.05) is 42.2 Å². The van der Waals surface area contributed by atoms with E-state index >= 15 is 0 Å². The first-order valence-corrected chi connectivity index (χ1v) is 12.5. The normalized spacial score (nSPS) is 14.3. The van der Waals surface area contributed by atoms with Crippen LogP contribution in [-0.2, 0) is 11.3 Å². The molecule has 1 fully saturated rings. The van der Waals surface area contributed by atoms with Gasteiger partial charge in [0.2, 0.25) is 0 Å². The molecule has 3 aromatic heterocycles. The number of hydrogen-bond donors (Lipinski definition) is 1. The molecule has 0 atom stereocenters. The van der Waals surface area contributed by atoms with Crippen molar-refractivity contribution in [3.8, 4) is 11.3 Å². The highest BCUT2D eigenvalue weighted by Crippen LogP contribution is 2.27. The summed E-state index contributed by atoms with van der Waals surface area (Å²) in [6.45, 7) is 2.77. The molecule has 0 radical (unpaired) electrons. The fraction of sp³-hybridized carbons (Fsp3) is 0.308. The molecule has 34 heavy (non-hydrogen) atoms. The van der Waals surface area contributed by atoms with Gasteiger partial charge >= 0.3 is 6.09 Å². The second-order valence-electron chi connectivity index (χ2n) is 8.50. The molecule has 7 nitrogen and oxygen atoms in total. The zero-order valence-corrected chi connectivity index (χ0v) is 19.7. The van der Waals surface area contributed by atoms with Gasteiger partial charge in [0.15, 0.2) is 0 Å². The smallest absolute Gasteiger partial charge is 0.407 e. The van der Waals surface area contributed by atoms with Crippen LogP contribution in [0.3, 0.4) is 0 Å². The van der Waals surface area contributed by atoms with Crippen molar-refractivity contribution in [1.29, 1.82) is 0 Å². The number of nitrogens with zero attached hydrogens (tertiary/aromatic N) is 4. The van der Waals surface area contributed by atoms with Crippen molar-refractivity contribution in [2.75, 3.05) is 24.5 Å². The number of hydrogen-bond acceptors (Lipinski definition) is 7. The Hall–Kier alpha value is -3.52. The predicted molar refractivity (Wildman–Crippen MR) is 135 cm³/mol. The summed E-state index contributed by atoms with van der Waals surface area (Å²) in [7, 11) is 0. The van der Waals surface area contributed by atoms with E-state index in [0.717, 1.165) is 66.0 Å². The van der Waals surface area contributed by atoms with Crippen molar-refractivity contribution in [1.82, 2.24) is 20.3 Å². The van der Waals surface area contributed by atoms with Gasteiger partial charge in [-0.2, -0.15) is 0 Å². The van der Waals surface area contributed by atoms with Gasteiger partial charge in [-0.25, -0.2) is 14.8 Å². The number of amides is 1. The standard InChI is InChI=1S/C26H27N5O2S/c32-26(33-16-22-17-34-18-29-22)27-11-8-19-9-12-31(13-10-19)25-7-3-6-24(30-25)21-14-20-4-1-2-5-23(20)28-15-21/h1-7,14-15,17-19H,8-13,16H2,(H,27,32). The van der Waals surface area contributed by atoms with Gasteiger partial charge in [-0.3, -0.25) is 4.98 Å². The highest BCUT2D eigenvalue weighted by atomic mass is 32.1. The number of piperidine rings is 1. The number of thiazole rings is 1. The molecule has 0 unspecified atom stereocenters. The van der Waals surface area contributed by atoms with E-state index in [1.54, 1.807) is 5.51 Å². The van der Waals surface area contributed by atoms with E-state index in [1.165, 1.54) is 11.3 Å². The van der Waals surface area contributed by atoms with Crippen LogP contribution < -0.4 is 10.2 Å². The lowest BCUT2D eigenvalue weighted by Crippen LogP contribution is -2.35. The predicted octanol–water partition coefficient (Wildman–Crippen LogP) is 5.29. The molecule has 1 aliphatic heterocycles. The molecule has 0 spiro atoms. The minimum absolute atomic E-state index is 0.217. The second kappa shape index (κ2) is 10.6. The quantitative estimate of drug-likeness (QED) is 0.393. The maximum absolute atomic E-state index is 11.9. The number of carbonyl (C=O) groups excluding carboxylic acids is 1. The summed E-state index contributed by atoms with van der Waals surface area (Å²) in [5.41, 5.74) is 5.48. The molecule has 0 aliphatic carbocycles. The maximum atomic E-state index is 11.9. The molecule has 1 amide bonds. The van der Waals surface area contributed by atoms with Crippen molar-refractivity contribution < 1.29 is 9.53 Å². The topological polar surface area (TPSA) is 80.2 Å². The number of aromatic nitrogens is 3. The number of pyridine rings is 2. The molecule has 5 rings (SSSR count). The van der Waals surface area contributed by atoms with Crippen LogP contribution >= 0.6 is 11.3 Å². The van der Waals surface area contributed by atoms with E-state index in [4.69, 9.17) is 9.72 Å². The number of fused-ring (bicyclic) bond motifs is 1. The molecule has 1 aliphatic rings. The van der Waals surface area contributed by atoms with Crippen LogP contribution in [0, 0.1) is 5.92 Å². The zero-order valence-electron chi connectivity index (χ0n) is 18.9. The van der Waals surface area contributed by atoms with Gasteiger partial charge in [0.1, 0.15) is 12.4 Å². The molecule has 174 valence electrons. The van der Waals surface area contributed by atoms with Gasteiger partial charge in [-0.1, -0.05) is 24.3 Å². The van der Waals surface area contributed by atoms with Crippen LogP contribution in [0.1, 0.15) is 25.0 Å². The first kappa shape index (κ1) is 22.3. The molecule has 1 aromatic carbocycles. The number of alkyl carbamates (subject to hydrolysis) is 1.